The third-order valence-electron chi connectivity index (χ3n) is 3.72. The van der Waals surface area contributed by atoms with Gasteiger partial charge in [0, 0.05) is 5.92 Å². The van der Waals surface area contributed by atoms with Crippen LogP contribution >= 0.6 is 0 Å². The van der Waals surface area contributed by atoms with E-state index in [9.17, 15) is 5.26 Å². The number of hydrogen-bond donors (Lipinski definition) is 0. The van der Waals surface area contributed by atoms with Crippen LogP contribution in [0.1, 0.15) is 22.3 Å². The molecule has 105 valence electrons. The van der Waals surface area contributed by atoms with E-state index in [4.69, 9.17) is 0 Å². The molecule has 22 heavy (non-hydrogen) atoms. The molecule has 0 aromatic heterocycles. The van der Waals surface area contributed by atoms with Gasteiger partial charge in [0.25, 0.3) is 0 Å². The van der Waals surface area contributed by atoms with Crippen LogP contribution in [0, 0.1) is 17.2 Å². The van der Waals surface area contributed by atoms with Gasteiger partial charge in [0.1, 0.15) is 0 Å². The van der Waals surface area contributed by atoms with E-state index < -0.39 is 0 Å². The highest BCUT2D eigenvalue weighted by molar-refractivity contribution is 5.54. The van der Waals surface area contributed by atoms with Gasteiger partial charge < -0.3 is 0 Å². The number of rotatable bonds is 4. The first-order valence-corrected chi connectivity index (χ1v) is 7.33. The average molecular weight is 282 g/mol. The van der Waals surface area contributed by atoms with Crippen molar-refractivity contribution in [3.05, 3.63) is 113 Å². The molecule has 3 aromatic carbocycles. The molecule has 0 heterocycles. The molecule has 0 aliphatic carbocycles. The fourth-order valence-electron chi connectivity index (χ4n) is 2.64. The normalized spacial score (nSPS) is 10.4. The molecule has 0 saturated heterocycles. The van der Waals surface area contributed by atoms with Crippen molar-refractivity contribution in [1.29, 1.82) is 5.26 Å². The molecule has 0 aliphatic heterocycles. The topological polar surface area (TPSA) is 23.8 Å². The quantitative estimate of drug-likeness (QED) is 0.676. The smallest absolute Gasteiger partial charge is 0.0994 e. The summed E-state index contributed by atoms with van der Waals surface area (Å²) in [6.45, 7) is 0. The molecule has 0 aliphatic rings. The summed E-state index contributed by atoms with van der Waals surface area (Å²) in [5.74, 6) is 1.18. The van der Waals surface area contributed by atoms with Crippen molar-refractivity contribution in [2.75, 3.05) is 0 Å². The summed E-state index contributed by atoms with van der Waals surface area (Å²) in [7, 11) is 0. The van der Waals surface area contributed by atoms with E-state index in [0.29, 0.717) is 0 Å². The predicted molar refractivity (Wildman–Crippen MR) is 89.2 cm³/mol. The van der Waals surface area contributed by atoms with Crippen LogP contribution in [-0.2, 0) is 6.42 Å². The Morgan fingerprint density at radius 1 is 0.727 bits per heavy atom. The second-order valence-corrected chi connectivity index (χ2v) is 5.16. The second kappa shape index (κ2) is 6.74. The van der Waals surface area contributed by atoms with Gasteiger partial charge in [0.05, 0.1) is 11.6 Å². The van der Waals surface area contributed by atoms with Gasteiger partial charge in [-0.1, -0.05) is 78.9 Å². The first-order chi connectivity index (χ1) is 10.9. The van der Waals surface area contributed by atoms with Crippen LogP contribution < -0.4 is 0 Å². The highest BCUT2D eigenvalue weighted by Gasteiger charge is 2.18. The van der Waals surface area contributed by atoms with Crippen molar-refractivity contribution in [1.82, 2.24) is 0 Å². The fourth-order valence-corrected chi connectivity index (χ4v) is 2.64. The minimum atomic E-state index is 0.720. The summed E-state index contributed by atoms with van der Waals surface area (Å²) in [6, 6.07) is 30.8. The summed E-state index contributed by atoms with van der Waals surface area (Å²) in [6.07, 6.45) is 0.809. The largest absolute Gasteiger partial charge is 0.192 e. The summed E-state index contributed by atoms with van der Waals surface area (Å²) in [5.41, 5.74) is 4.14. The molecular formula is C21H16N. The molecule has 3 rings (SSSR count). The van der Waals surface area contributed by atoms with Crippen molar-refractivity contribution >= 4 is 0 Å². The summed E-state index contributed by atoms with van der Waals surface area (Å²) in [5, 5.41) is 9.42. The van der Waals surface area contributed by atoms with Crippen LogP contribution in [0.4, 0.5) is 0 Å². The Hall–Kier alpha value is -2.85. The van der Waals surface area contributed by atoms with Crippen LogP contribution in [0.15, 0.2) is 84.9 Å². The SMILES string of the molecule is N#Cc1ccccc1[C](Cc1ccccc1)c1ccccc1. The molecule has 0 bridgehead atoms. The zero-order valence-electron chi connectivity index (χ0n) is 12.2. The Morgan fingerprint density at radius 2 is 1.32 bits per heavy atom. The molecule has 1 nitrogen and oxygen atoms in total. The zero-order chi connectivity index (χ0) is 15.2. The van der Waals surface area contributed by atoms with Crippen LogP contribution in [0.3, 0.4) is 0 Å². The third-order valence-corrected chi connectivity index (χ3v) is 3.72. The van der Waals surface area contributed by atoms with Crippen LogP contribution in [0.5, 0.6) is 0 Å². The lowest BCUT2D eigenvalue weighted by atomic mass is 9.84. The highest BCUT2D eigenvalue weighted by Crippen LogP contribution is 2.29. The molecule has 1 heteroatoms. The van der Waals surface area contributed by atoms with E-state index >= 15 is 0 Å². The summed E-state index contributed by atoms with van der Waals surface area (Å²) in [4.78, 5) is 0. The van der Waals surface area contributed by atoms with Gasteiger partial charge in [0.15, 0.2) is 0 Å². The molecule has 0 saturated carbocycles. The van der Waals surface area contributed by atoms with Crippen LogP contribution in [0.2, 0.25) is 0 Å². The highest BCUT2D eigenvalue weighted by atomic mass is 14.3. The van der Waals surface area contributed by atoms with E-state index in [2.05, 4.69) is 30.3 Å². The molecule has 0 amide bonds. The standard InChI is InChI=1S/C21H16N/c22-16-19-13-7-8-14-20(19)21(18-11-5-2-6-12-18)15-17-9-3-1-4-10-17/h1-14H,15H2. The Morgan fingerprint density at radius 3 is 2.00 bits per heavy atom. The first-order valence-electron chi connectivity index (χ1n) is 7.33. The van der Waals surface area contributed by atoms with E-state index in [0.717, 1.165) is 23.1 Å². The lowest BCUT2D eigenvalue weighted by Gasteiger charge is -2.18. The monoisotopic (exact) mass is 282 g/mol. The second-order valence-electron chi connectivity index (χ2n) is 5.16. The molecule has 0 fully saturated rings. The van der Waals surface area contributed by atoms with Crippen molar-refractivity contribution in [3.8, 4) is 6.07 Å². The van der Waals surface area contributed by atoms with E-state index in [-0.39, 0.29) is 0 Å². The van der Waals surface area contributed by atoms with E-state index in [1.54, 1.807) is 0 Å². The maximum atomic E-state index is 9.42. The minimum absolute atomic E-state index is 0.720. The lowest BCUT2D eigenvalue weighted by Crippen LogP contribution is -2.08. The minimum Gasteiger partial charge on any atom is -0.192 e. The van der Waals surface area contributed by atoms with Crippen LogP contribution in [-0.4, -0.2) is 0 Å². The Kier molecular flexibility index (Phi) is 4.32. The van der Waals surface area contributed by atoms with Crippen molar-refractivity contribution in [2.24, 2.45) is 0 Å². The van der Waals surface area contributed by atoms with Crippen LogP contribution in [0.25, 0.3) is 0 Å². The van der Waals surface area contributed by atoms with Gasteiger partial charge in [0.2, 0.25) is 0 Å². The lowest BCUT2D eigenvalue weighted by molar-refractivity contribution is 1.02. The van der Waals surface area contributed by atoms with Gasteiger partial charge in [-0.3, -0.25) is 0 Å². The molecule has 0 atom stereocenters. The molecular weight excluding hydrogens is 266 g/mol. The van der Waals surface area contributed by atoms with Crippen molar-refractivity contribution in [2.45, 2.75) is 6.42 Å². The molecule has 0 spiro atoms. The third kappa shape index (κ3) is 3.07. The van der Waals surface area contributed by atoms with Gasteiger partial charge in [-0.15, -0.1) is 0 Å². The van der Waals surface area contributed by atoms with Gasteiger partial charge in [-0.05, 0) is 29.2 Å². The Labute approximate surface area is 131 Å². The van der Waals surface area contributed by atoms with Crippen molar-refractivity contribution < 1.29 is 0 Å². The molecule has 0 N–H and O–H groups in total. The molecule has 1 radical (unpaired) electrons. The van der Waals surface area contributed by atoms with E-state index in [1.165, 1.54) is 11.5 Å². The Bertz CT molecular complexity index is 770. The van der Waals surface area contributed by atoms with Gasteiger partial charge >= 0.3 is 0 Å². The summed E-state index contributed by atoms with van der Waals surface area (Å²) < 4.78 is 0. The predicted octanol–water partition coefficient (Wildman–Crippen LogP) is 4.77. The molecule has 0 unspecified atom stereocenters. The Balaban J connectivity index is 2.06. The average Bonchev–Trinajstić information content (AvgIpc) is 2.61. The maximum Gasteiger partial charge on any atom is 0.0994 e. The summed E-state index contributed by atoms with van der Waals surface area (Å²) >= 11 is 0. The van der Waals surface area contributed by atoms with Gasteiger partial charge in [-0.2, -0.15) is 5.26 Å². The van der Waals surface area contributed by atoms with Gasteiger partial charge in [-0.25, -0.2) is 0 Å². The number of nitrogens with zero attached hydrogens (tertiary/aromatic N) is 1. The van der Waals surface area contributed by atoms with E-state index in [1.807, 2.05) is 60.7 Å². The molecule has 3 aromatic rings. The first kappa shape index (κ1) is 14.1. The maximum absolute atomic E-state index is 9.42. The van der Waals surface area contributed by atoms with Crippen molar-refractivity contribution in [3.63, 3.8) is 0 Å². The number of hydrogen-bond acceptors (Lipinski definition) is 1. The number of nitriles is 1. The zero-order valence-corrected chi connectivity index (χ0v) is 12.2. The fraction of sp³-hybridized carbons (Fsp3) is 0.0476. The number of benzene rings is 3.